The quantitative estimate of drug-likeness (QED) is 0.808. The number of hydrogen-bond donors (Lipinski definition) is 2. The van der Waals surface area contributed by atoms with Crippen LogP contribution in [0.4, 0.5) is 0 Å². The van der Waals surface area contributed by atoms with E-state index in [-0.39, 0.29) is 24.5 Å². The minimum Gasteiger partial charge on any atom is -0.493 e. The van der Waals surface area contributed by atoms with Gasteiger partial charge in [0.15, 0.2) is 0 Å². The molecule has 21 heavy (non-hydrogen) atoms. The number of benzene rings is 1. The van der Waals surface area contributed by atoms with Gasteiger partial charge in [-0.1, -0.05) is 32.4 Å². The van der Waals surface area contributed by atoms with Gasteiger partial charge >= 0.3 is 0 Å². The molecule has 0 bridgehead atoms. The molecule has 2 unspecified atom stereocenters. The Bertz CT molecular complexity index is 487. The predicted octanol–water partition coefficient (Wildman–Crippen LogP) is 2.08. The number of ether oxygens (including phenoxy) is 1. The second-order valence-corrected chi connectivity index (χ2v) is 5.78. The third-order valence-corrected chi connectivity index (χ3v) is 4.27. The first-order valence-electron chi connectivity index (χ1n) is 7.78. The molecule has 0 aliphatic carbocycles. The molecular formula is C17H25NO3. The fourth-order valence-electron chi connectivity index (χ4n) is 2.58. The maximum atomic E-state index is 12.0. The average molecular weight is 291 g/mol. The second-order valence-electron chi connectivity index (χ2n) is 5.78. The molecule has 1 aromatic carbocycles. The van der Waals surface area contributed by atoms with Crippen LogP contribution in [0.2, 0.25) is 0 Å². The number of carbonyl (C=O) groups excluding carboxylic acids is 1. The molecule has 0 saturated carbocycles. The highest BCUT2D eigenvalue weighted by Crippen LogP contribution is 2.26. The molecule has 1 aliphatic heterocycles. The minimum atomic E-state index is -0.143. The van der Waals surface area contributed by atoms with Crippen molar-refractivity contribution in [3.8, 4) is 5.75 Å². The van der Waals surface area contributed by atoms with E-state index in [1.165, 1.54) is 11.1 Å². The molecule has 4 heteroatoms. The molecule has 2 N–H and O–H groups in total. The lowest BCUT2D eigenvalue weighted by Gasteiger charge is -2.22. The number of carbonyl (C=O) groups is 1. The van der Waals surface area contributed by atoms with E-state index >= 15 is 0 Å². The molecule has 1 aliphatic rings. The van der Waals surface area contributed by atoms with Crippen LogP contribution in [0.25, 0.3) is 0 Å². The number of amides is 1. The van der Waals surface area contributed by atoms with Crippen molar-refractivity contribution in [2.45, 2.75) is 45.6 Å². The summed E-state index contributed by atoms with van der Waals surface area (Å²) in [5.41, 5.74) is 2.40. The molecule has 2 rings (SSSR count). The SMILES string of the molecule is CCC(C)C(CO)NC(=O)CCc1ccc2c(c1)CCO2. The Kier molecular flexibility index (Phi) is 5.62. The fraction of sp³-hybridized carbons (Fsp3) is 0.588. The lowest BCUT2D eigenvalue weighted by Crippen LogP contribution is -2.41. The standard InChI is InChI=1S/C17H25NO3/c1-3-12(2)15(11-19)18-17(20)7-5-13-4-6-16-14(10-13)8-9-21-16/h4,6,10,12,15,19H,3,5,7-9,11H2,1-2H3,(H,18,20). The van der Waals surface area contributed by atoms with Gasteiger partial charge in [-0.2, -0.15) is 0 Å². The third-order valence-electron chi connectivity index (χ3n) is 4.27. The minimum absolute atomic E-state index is 0.00304. The lowest BCUT2D eigenvalue weighted by atomic mass is 9.99. The van der Waals surface area contributed by atoms with Gasteiger partial charge in [0, 0.05) is 12.8 Å². The van der Waals surface area contributed by atoms with E-state index in [0.717, 1.165) is 31.6 Å². The zero-order valence-electron chi connectivity index (χ0n) is 12.9. The Labute approximate surface area is 126 Å². The Morgan fingerprint density at radius 2 is 2.29 bits per heavy atom. The van der Waals surface area contributed by atoms with Crippen molar-refractivity contribution >= 4 is 5.91 Å². The summed E-state index contributed by atoms with van der Waals surface area (Å²) in [5, 5.41) is 12.3. The number of nitrogens with one attached hydrogen (secondary N) is 1. The molecule has 1 heterocycles. The van der Waals surface area contributed by atoms with Crippen LogP contribution in [0.15, 0.2) is 18.2 Å². The van der Waals surface area contributed by atoms with Gasteiger partial charge in [-0.05, 0) is 29.5 Å². The first-order valence-corrected chi connectivity index (χ1v) is 7.78. The van der Waals surface area contributed by atoms with Gasteiger partial charge in [0.2, 0.25) is 5.91 Å². The molecule has 4 nitrogen and oxygen atoms in total. The van der Waals surface area contributed by atoms with Crippen molar-refractivity contribution in [2.75, 3.05) is 13.2 Å². The normalized spacial score (nSPS) is 16.0. The van der Waals surface area contributed by atoms with Crippen LogP contribution in [-0.2, 0) is 17.6 Å². The Hall–Kier alpha value is -1.55. The summed E-state index contributed by atoms with van der Waals surface area (Å²) in [5.74, 6) is 1.27. The van der Waals surface area contributed by atoms with Gasteiger partial charge < -0.3 is 15.2 Å². The van der Waals surface area contributed by atoms with E-state index in [1.807, 2.05) is 19.1 Å². The summed E-state index contributed by atoms with van der Waals surface area (Å²) in [6.07, 6.45) is 3.07. The number of aryl methyl sites for hydroxylation is 1. The summed E-state index contributed by atoms with van der Waals surface area (Å²) in [7, 11) is 0. The van der Waals surface area contributed by atoms with Gasteiger partial charge in [0.25, 0.3) is 0 Å². The molecule has 0 radical (unpaired) electrons. The Balaban J connectivity index is 1.83. The first-order chi connectivity index (χ1) is 10.1. The first kappa shape index (κ1) is 15.8. The van der Waals surface area contributed by atoms with Crippen LogP contribution in [0.1, 0.15) is 37.8 Å². The van der Waals surface area contributed by atoms with Crippen molar-refractivity contribution < 1.29 is 14.6 Å². The van der Waals surface area contributed by atoms with Crippen LogP contribution >= 0.6 is 0 Å². The Morgan fingerprint density at radius 3 is 3.00 bits per heavy atom. The molecule has 0 aromatic heterocycles. The number of aliphatic hydroxyl groups is 1. The maximum Gasteiger partial charge on any atom is 0.220 e. The van der Waals surface area contributed by atoms with E-state index in [2.05, 4.69) is 18.3 Å². The summed E-state index contributed by atoms with van der Waals surface area (Å²) in [6, 6.07) is 6.00. The highest BCUT2D eigenvalue weighted by atomic mass is 16.5. The number of fused-ring (bicyclic) bond motifs is 1. The highest BCUT2D eigenvalue weighted by molar-refractivity contribution is 5.76. The number of rotatable bonds is 7. The van der Waals surface area contributed by atoms with E-state index in [1.54, 1.807) is 0 Å². The summed E-state index contributed by atoms with van der Waals surface area (Å²) >= 11 is 0. The summed E-state index contributed by atoms with van der Waals surface area (Å²) in [6.45, 7) is 4.86. The van der Waals surface area contributed by atoms with Crippen molar-refractivity contribution in [2.24, 2.45) is 5.92 Å². The summed E-state index contributed by atoms with van der Waals surface area (Å²) in [4.78, 5) is 12.0. The van der Waals surface area contributed by atoms with E-state index < -0.39 is 0 Å². The van der Waals surface area contributed by atoms with E-state index in [0.29, 0.717) is 6.42 Å². The van der Waals surface area contributed by atoms with Crippen LogP contribution in [0, 0.1) is 5.92 Å². The fourth-order valence-corrected chi connectivity index (χ4v) is 2.58. The van der Waals surface area contributed by atoms with E-state index in [9.17, 15) is 9.90 Å². The van der Waals surface area contributed by atoms with Crippen LogP contribution in [0.5, 0.6) is 5.75 Å². The smallest absolute Gasteiger partial charge is 0.220 e. The largest absolute Gasteiger partial charge is 0.493 e. The molecule has 1 aromatic rings. The van der Waals surface area contributed by atoms with E-state index in [4.69, 9.17) is 4.74 Å². The van der Waals surface area contributed by atoms with Crippen LogP contribution < -0.4 is 10.1 Å². The van der Waals surface area contributed by atoms with Crippen LogP contribution in [-0.4, -0.2) is 30.3 Å². The van der Waals surface area contributed by atoms with Crippen molar-refractivity contribution in [1.29, 1.82) is 0 Å². The topological polar surface area (TPSA) is 58.6 Å². The molecule has 0 saturated heterocycles. The zero-order chi connectivity index (χ0) is 15.2. The zero-order valence-corrected chi connectivity index (χ0v) is 12.9. The molecular weight excluding hydrogens is 266 g/mol. The van der Waals surface area contributed by atoms with Crippen molar-refractivity contribution in [1.82, 2.24) is 5.32 Å². The summed E-state index contributed by atoms with van der Waals surface area (Å²) < 4.78 is 5.48. The van der Waals surface area contributed by atoms with Crippen molar-refractivity contribution in [3.63, 3.8) is 0 Å². The monoisotopic (exact) mass is 291 g/mol. The molecule has 0 spiro atoms. The molecule has 1 amide bonds. The third kappa shape index (κ3) is 4.21. The van der Waals surface area contributed by atoms with Gasteiger partial charge in [0.05, 0.1) is 19.3 Å². The Morgan fingerprint density at radius 1 is 1.48 bits per heavy atom. The second kappa shape index (κ2) is 7.46. The predicted molar refractivity (Wildman–Crippen MR) is 82.4 cm³/mol. The van der Waals surface area contributed by atoms with Crippen molar-refractivity contribution in [3.05, 3.63) is 29.3 Å². The van der Waals surface area contributed by atoms with Gasteiger partial charge in [-0.3, -0.25) is 4.79 Å². The average Bonchev–Trinajstić information content (AvgIpc) is 2.97. The number of hydrogen-bond acceptors (Lipinski definition) is 3. The lowest BCUT2D eigenvalue weighted by molar-refractivity contribution is -0.122. The van der Waals surface area contributed by atoms with Gasteiger partial charge in [0.1, 0.15) is 5.75 Å². The molecule has 116 valence electrons. The number of aliphatic hydroxyl groups excluding tert-OH is 1. The molecule has 0 fully saturated rings. The van der Waals surface area contributed by atoms with Gasteiger partial charge in [-0.25, -0.2) is 0 Å². The van der Waals surface area contributed by atoms with Gasteiger partial charge in [-0.15, -0.1) is 0 Å². The van der Waals surface area contributed by atoms with Crippen LogP contribution in [0.3, 0.4) is 0 Å². The maximum absolute atomic E-state index is 12.0. The molecule has 2 atom stereocenters. The highest BCUT2D eigenvalue weighted by Gasteiger charge is 2.17.